The average molecular weight is 386 g/mol. The first-order chi connectivity index (χ1) is 13.1. The minimum absolute atomic E-state index is 0.252. The van der Waals surface area contributed by atoms with Gasteiger partial charge >= 0.3 is 0 Å². The molecule has 0 aliphatic rings. The Morgan fingerprint density at radius 1 is 0.519 bits per heavy atom. The molecule has 0 aromatic rings. The van der Waals surface area contributed by atoms with Crippen molar-refractivity contribution in [2.24, 2.45) is 11.7 Å². The molecule has 0 aliphatic carbocycles. The molecule has 0 aliphatic heterocycles. The number of aliphatic hydroxyl groups excluding tert-OH is 1. The van der Waals surface area contributed by atoms with E-state index in [1.807, 2.05) is 0 Å². The molecule has 0 heterocycles. The fourth-order valence-corrected chi connectivity index (χ4v) is 4.10. The topological polar surface area (TPSA) is 66.5 Å². The molecule has 0 rings (SSSR count). The van der Waals surface area contributed by atoms with Gasteiger partial charge in [-0.1, -0.05) is 123 Å². The lowest BCUT2D eigenvalue weighted by atomic mass is 9.89. The molecule has 0 aromatic heterocycles. The van der Waals surface area contributed by atoms with Crippen LogP contribution < -0.4 is 5.73 Å². The first-order valence-electron chi connectivity index (χ1n) is 12.2. The van der Waals surface area contributed by atoms with E-state index in [9.17, 15) is 10.2 Å². The van der Waals surface area contributed by atoms with Gasteiger partial charge in [-0.25, -0.2) is 0 Å². The van der Waals surface area contributed by atoms with Gasteiger partial charge in [0, 0.05) is 0 Å². The largest absolute Gasteiger partial charge is 0.367 e. The second-order valence-electron chi connectivity index (χ2n) is 8.63. The van der Waals surface area contributed by atoms with Crippen molar-refractivity contribution in [3.05, 3.63) is 0 Å². The van der Waals surface area contributed by atoms with Crippen LogP contribution in [0.25, 0.3) is 0 Å². The molecule has 27 heavy (non-hydrogen) atoms. The number of nitrogens with two attached hydrogens (primary N) is 1. The first kappa shape index (κ1) is 26.9. The standard InChI is InChI=1S/C24H51NO2/c1-3-5-6-7-8-9-10-11-12-13-14-15-16-17-18-19-21-22(20-4-2)23(25)24(26)27/h22-24,26-27H,3-21,25H2,1-2H3. The molecule has 3 nitrogen and oxygen atoms in total. The van der Waals surface area contributed by atoms with E-state index in [0.29, 0.717) is 0 Å². The van der Waals surface area contributed by atoms with Crippen LogP contribution in [0.3, 0.4) is 0 Å². The van der Waals surface area contributed by atoms with Gasteiger partial charge in [0.1, 0.15) is 0 Å². The number of aliphatic hydroxyl groups is 2. The van der Waals surface area contributed by atoms with Crippen molar-refractivity contribution >= 4 is 0 Å². The molecule has 0 spiro atoms. The molecule has 0 amide bonds. The van der Waals surface area contributed by atoms with Crippen molar-refractivity contribution in [3.63, 3.8) is 0 Å². The third-order valence-corrected chi connectivity index (χ3v) is 5.98. The lowest BCUT2D eigenvalue weighted by Gasteiger charge is -2.24. The normalized spacial score (nSPS) is 14.0. The summed E-state index contributed by atoms with van der Waals surface area (Å²) in [6.45, 7) is 4.42. The second-order valence-corrected chi connectivity index (χ2v) is 8.63. The minimum Gasteiger partial charge on any atom is -0.367 e. The van der Waals surface area contributed by atoms with E-state index in [1.54, 1.807) is 0 Å². The molecule has 0 saturated carbocycles. The summed E-state index contributed by atoms with van der Waals surface area (Å²) in [6, 6.07) is -0.485. The summed E-state index contributed by atoms with van der Waals surface area (Å²) in [6.07, 6.45) is 23.8. The van der Waals surface area contributed by atoms with Crippen LogP contribution in [-0.4, -0.2) is 22.5 Å². The van der Waals surface area contributed by atoms with Gasteiger partial charge in [0.25, 0.3) is 0 Å². The zero-order valence-electron chi connectivity index (χ0n) is 18.6. The highest BCUT2D eigenvalue weighted by atomic mass is 16.5. The van der Waals surface area contributed by atoms with Gasteiger partial charge < -0.3 is 15.9 Å². The predicted octanol–water partition coefficient (Wildman–Crippen LogP) is 6.69. The molecule has 0 saturated heterocycles. The van der Waals surface area contributed by atoms with E-state index in [1.165, 1.54) is 103 Å². The van der Waals surface area contributed by atoms with Gasteiger partial charge in [0.05, 0.1) is 6.04 Å². The highest BCUT2D eigenvalue weighted by Gasteiger charge is 2.21. The molecule has 0 aromatic carbocycles. The van der Waals surface area contributed by atoms with Gasteiger partial charge in [0.2, 0.25) is 0 Å². The molecule has 0 radical (unpaired) electrons. The van der Waals surface area contributed by atoms with Crippen LogP contribution in [0.4, 0.5) is 0 Å². The molecule has 2 unspecified atom stereocenters. The van der Waals surface area contributed by atoms with Crippen LogP contribution in [-0.2, 0) is 0 Å². The number of unbranched alkanes of at least 4 members (excludes halogenated alkanes) is 15. The van der Waals surface area contributed by atoms with E-state index >= 15 is 0 Å². The Kier molecular flexibility index (Phi) is 20.5. The smallest absolute Gasteiger partial charge is 0.167 e. The maximum absolute atomic E-state index is 9.28. The Hall–Kier alpha value is -0.120. The monoisotopic (exact) mass is 385 g/mol. The zero-order chi connectivity index (χ0) is 20.2. The molecular weight excluding hydrogens is 334 g/mol. The second kappa shape index (κ2) is 20.6. The van der Waals surface area contributed by atoms with Crippen molar-refractivity contribution in [2.75, 3.05) is 0 Å². The van der Waals surface area contributed by atoms with E-state index in [0.717, 1.165) is 19.3 Å². The van der Waals surface area contributed by atoms with Gasteiger partial charge in [-0.15, -0.1) is 0 Å². The summed E-state index contributed by atoms with van der Waals surface area (Å²) >= 11 is 0. The third-order valence-electron chi connectivity index (χ3n) is 5.98. The van der Waals surface area contributed by atoms with Crippen molar-refractivity contribution in [1.29, 1.82) is 0 Å². The molecular formula is C24H51NO2. The molecule has 0 fully saturated rings. The summed E-state index contributed by atoms with van der Waals surface area (Å²) in [5.41, 5.74) is 5.91. The van der Waals surface area contributed by atoms with Crippen molar-refractivity contribution in [1.82, 2.24) is 0 Å². The molecule has 0 bridgehead atoms. The van der Waals surface area contributed by atoms with Gasteiger partial charge in [0.15, 0.2) is 6.29 Å². The zero-order valence-corrected chi connectivity index (χ0v) is 18.6. The quantitative estimate of drug-likeness (QED) is 0.152. The molecule has 4 N–H and O–H groups in total. The molecule has 2 atom stereocenters. The van der Waals surface area contributed by atoms with Crippen LogP contribution in [0.2, 0.25) is 0 Å². The maximum atomic E-state index is 9.28. The Bertz CT molecular complexity index is 284. The van der Waals surface area contributed by atoms with E-state index in [2.05, 4.69) is 13.8 Å². The van der Waals surface area contributed by atoms with Crippen molar-refractivity contribution in [2.45, 2.75) is 148 Å². The van der Waals surface area contributed by atoms with Crippen LogP contribution >= 0.6 is 0 Å². The van der Waals surface area contributed by atoms with Crippen LogP contribution in [0, 0.1) is 5.92 Å². The third kappa shape index (κ3) is 17.7. The minimum atomic E-state index is -1.37. The fraction of sp³-hybridized carbons (Fsp3) is 1.00. The van der Waals surface area contributed by atoms with Crippen LogP contribution in [0.15, 0.2) is 0 Å². The maximum Gasteiger partial charge on any atom is 0.167 e. The van der Waals surface area contributed by atoms with Gasteiger partial charge in [-0.3, -0.25) is 0 Å². The lowest BCUT2D eigenvalue weighted by molar-refractivity contribution is -0.0726. The van der Waals surface area contributed by atoms with Gasteiger partial charge in [-0.05, 0) is 18.8 Å². The fourth-order valence-electron chi connectivity index (χ4n) is 4.10. The highest BCUT2D eigenvalue weighted by Crippen LogP contribution is 2.21. The predicted molar refractivity (Wildman–Crippen MR) is 119 cm³/mol. The molecule has 3 heteroatoms. The summed E-state index contributed by atoms with van der Waals surface area (Å²) in [5, 5.41) is 18.6. The summed E-state index contributed by atoms with van der Waals surface area (Å²) in [5.74, 6) is 0.252. The van der Waals surface area contributed by atoms with Crippen LogP contribution in [0.1, 0.15) is 136 Å². The summed E-state index contributed by atoms with van der Waals surface area (Å²) in [4.78, 5) is 0. The average Bonchev–Trinajstić information content (AvgIpc) is 2.66. The molecule has 164 valence electrons. The Morgan fingerprint density at radius 3 is 1.22 bits per heavy atom. The number of hydrogen-bond donors (Lipinski definition) is 3. The number of rotatable bonds is 21. The summed E-state index contributed by atoms with van der Waals surface area (Å²) in [7, 11) is 0. The highest BCUT2D eigenvalue weighted by molar-refractivity contribution is 4.74. The van der Waals surface area contributed by atoms with Crippen LogP contribution in [0.5, 0.6) is 0 Å². The Morgan fingerprint density at radius 2 is 0.889 bits per heavy atom. The first-order valence-corrected chi connectivity index (χ1v) is 12.2. The summed E-state index contributed by atoms with van der Waals surface area (Å²) < 4.78 is 0. The van der Waals surface area contributed by atoms with Crippen molar-refractivity contribution in [3.8, 4) is 0 Å². The van der Waals surface area contributed by atoms with E-state index in [-0.39, 0.29) is 5.92 Å². The Labute approximate surface area is 170 Å². The Balaban J connectivity index is 3.32. The van der Waals surface area contributed by atoms with Crippen molar-refractivity contribution < 1.29 is 10.2 Å². The van der Waals surface area contributed by atoms with E-state index in [4.69, 9.17) is 5.73 Å². The van der Waals surface area contributed by atoms with E-state index < -0.39 is 12.3 Å². The lowest BCUT2D eigenvalue weighted by Crippen LogP contribution is -2.41. The number of hydrogen-bond acceptors (Lipinski definition) is 3. The SMILES string of the molecule is CCCCCCCCCCCCCCCCCCC(CCC)C(N)C(O)O. The van der Waals surface area contributed by atoms with Gasteiger partial charge in [-0.2, -0.15) is 0 Å².